The Morgan fingerprint density at radius 2 is 2.00 bits per heavy atom. The van der Waals surface area contributed by atoms with Gasteiger partial charge in [-0.15, -0.1) is 0 Å². The van der Waals surface area contributed by atoms with E-state index in [1.165, 1.54) is 0 Å². The highest BCUT2D eigenvalue weighted by Crippen LogP contribution is 2.13. The maximum Gasteiger partial charge on any atom is 0.407 e. The third-order valence-corrected chi connectivity index (χ3v) is 3.76. The molecule has 26 heavy (non-hydrogen) atoms. The Kier molecular flexibility index (Phi) is 6.83. The van der Waals surface area contributed by atoms with Crippen molar-refractivity contribution in [3.63, 3.8) is 0 Å². The maximum atomic E-state index is 11.4. The Morgan fingerprint density at radius 1 is 1.27 bits per heavy atom. The second-order valence-corrected chi connectivity index (χ2v) is 5.82. The number of aliphatic hydroxyl groups excluding tert-OH is 1. The van der Waals surface area contributed by atoms with Crippen LogP contribution in [0.3, 0.4) is 0 Å². The highest BCUT2D eigenvalue weighted by atomic mass is 16.5. The molecule has 2 rings (SSSR count). The lowest BCUT2D eigenvalue weighted by molar-refractivity contribution is 0.0655. The van der Waals surface area contributed by atoms with Gasteiger partial charge < -0.3 is 25.6 Å². The van der Waals surface area contributed by atoms with Crippen molar-refractivity contribution in [2.45, 2.75) is 12.5 Å². The van der Waals surface area contributed by atoms with Crippen LogP contribution in [0, 0.1) is 11.3 Å². The molecule has 0 saturated carbocycles. The van der Waals surface area contributed by atoms with Gasteiger partial charge in [-0.3, -0.25) is 0 Å². The number of nitriles is 1. The first-order valence-corrected chi connectivity index (χ1v) is 8.11. The summed E-state index contributed by atoms with van der Waals surface area (Å²) in [5.74, 6) is 0.451. The minimum Gasteiger partial charge on any atom is -0.491 e. The molecule has 0 radical (unpaired) electrons. The number of nitrogens with zero attached hydrogens (tertiary/aromatic N) is 2. The average molecular weight is 355 g/mol. The zero-order valence-electron chi connectivity index (χ0n) is 14.2. The average Bonchev–Trinajstić information content (AvgIpc) is 2.64. The van der Waals surface area contributed by atoms with Crippen molar-refractivity contribution in [1.82, 2.24) is 4.90 Å². The molecule has 0 aromatic heterocycles. The highest BCUT2D eigenvalue weighted by molar-refractivity contribution is 5.65. The molecule has 0 fully saturated rings. The summed E-state index contributed by atoms with van der Waals surface area (Å²) in [5.41, 5.74) is 7.69. The third kappa shape index (κ3) is 6.00. The molecule has 0 unspecified atom stereocenters. The van der Waals surface area contributed by atoms with Crippen molar-refractivity contribution in [3.8, 4) is 11.8 Å². The van der Waals surface area contributed by atoms with E-state index in [1.54, 1.807) is 36.4 Å². The molecular formula is C19H21N3O4. The summed E-state index contributed by atoms with van der Waals surface area (Å²) >= 11 is 0. The monoisotopic (exact) mass is 355 g/mol. The fourth-order valence-electron chi connectivity index (χ4n) is 2.37. The van der Waals surface area contributed by atoms with Crippen molar-refractivity contribution >= 4 is 11.8 Å². The van der Waals surface area contributed by atoms with E-state index >= 15 is 0 Å². The van der Waals surface area contributed by atoms with Crippen LogP contribution < -0.4 is 10.5 Å². The van der Waals surface area contributed by atoms with Crippen LogP contribution in [-0.4, -0.2) is 47.0 Å². The molecule has 4 N–H and O–H groups in total. The number of ether oxygens (including phenoxy) is 1. The van der Waals surface area contributed by atoms with Crippen LogP contribution in [0.5, 0.6) is 5.75 Å². The summed E-state index contributed by atoms with van der Waals surface area (Å²) in [6.45, 7) is 0.114. The predicted molar refractivity (Wildman–Crippen MR) is 96.8 cm³/mol. The first kappa shape index (κ1) is 19.1. The normalized spacial score (nSPS) is 11.4. The van der Waals surface area contributed by atoms with Gasteiger partial charge in [-0.1, -0.05) is 18.2 Å². The summed E-state index contributed by atoms with van der Waals surface area (Å²) in [7, 11) is 0. The van der Waals surface area contributed by atoms with Gasteiger partial charge in [0.15, 0.2) is 0 Å². The number of carboxylic acid groups (broad SMARTS) is 1. The minimum atomic E-state index is -1.11. The van der Waals surface area contributed by atoms with E-state index in [1.807, 2.05) is 18.2 Å². The van der Waals surface area contributed by atoms with Gasteiger partial charge in [0.05, 0.1) is 18.2 Å². The van der Waals surface area contributed by atoms with Gasteiger partial charge in [0, 0.05) is 12.2 Å². The number of carbonyl (C=O) groups is 1. The summed E-state index contributed by atoms with van der Waals surface area (Å²) in [4.78, 5) is 12.5. The number of nitrogen functional groups attached to an aromatic ring is 1. The molecule has 0 aliphatic carbocycles. The Labute approximate surface area is 151 Å². The lowest BCUT2D eigenvalue weighted by atomic mass is 10.1. The molecule has 136 valence electrons. The van der Waals surface area contributed by atoms with Gasteiger partial charge in [0.2, 0.25) is 0 Å². The molecule has 0 aliphatic rings. The van der Waals surface area contributed by atoms with Crippen molar-refractivity contribution in [1.29, 1.82) is 5.26 Å². The predicted octanol–water partition coefficient (Wildman–Crippen LogP) is 2.10. The van der Waals surface area contributed by atoms with Crippen LogP contribution in [0.25, 0.3) is 0 Å². The maximum absolute atomic E-state index is 11.4. The molecule has 7 nitrogen and oxygen atoms in total. The molecule has 2 aromatic rings. The standard InChI is InChI=1S/C19H21N3O4/c20-11-15-2-1-3-18(10-15)26-13-17(23)12-22(19(24)25)9-8-14-4-6-16(21)7-5-14/h1-7,10,17,23H,8-9,12-13,21H2,(H,24,25)/t17-/m0/s1. The largest absolute Gasteiger partial charge is 0.491 e. The van der Waals surface area contributed by atoms with Gasteiger partial charge in [-0.2, -0.15) is 5.26 Å². The first-order valence-electron chi connectivity index (χ1n) is 8.11. The van der Waals surface area contributed by atoms with Crippen LogP contribution in [0.2, 0.25) is 0 Å². The van der Waals surface area contributed by atoms with Crippen molar-refractivity contribution < 1.29 is 19.7 Å². The molecule has 1 atom stereocenters. The van der Waals surface area contributed by atoms with E-state index in [0.717, 1.165) is 10.5 Å². The number of anilines is 1. The summed E-state index contributed by atoms with van der Waals surface area (Å²) in [6, 6.07) is 15.8. The van der Waals surface area contributed by atoms with Crippen molar-refractivity contribution in [3.05, 3.63) is 59.7 Å². The third-order valence-electron chi connectivity index (χ3n) is 3.76. The number of aliphatic hydroxyl groups is 1. The second-order valence-electron chi connectivity index (χ2n) is 5.82. The molecule has 7 heteroatoms. The number of nitrogens with two attached hydrogens (primary N) is 1. The molecule has 0 aliphatic heterocycles. The van der Waals surface area contributed by atoms with Gasteiger partial charge in [-0.25, -0.2) is 4.79 Å². The van der Waals surface area contributed by atoms with E-state index in [9.17, 15) is 15.0 Å². The summed E-state index contributed by atoms with van der Waals surface area (Å²) in [5, 5.41) is 28.2. The Bertz CT molecular complexity index is 771. The Morgan fingerprint density at radius 3 is 2.65 bits per heavy atom. The van der Waals surface area contributed by atoms with E-state index in [0.29, 0.717) is 23.4 Å². The summed E-state index contributed by atoms with van der Waals surface area (Å²) < 4.78 is 5.43. The zero-order valence-corrected chi connectivity index (χ0v) is 14.2. The zero-order chi connectivity index (χ0) is 18.9. The fourth-order valence-corrected chi connectivity index (χ4v) is 2.37. The number of hydrogen-bond acceptors (Lipinski definition) is 5. The van der Waals surface area contributed by atoms with Crippen LogP contribution >= 0.6 is 0 Å². The first-order chi connectivity index (χ1) is 12.5. The van der Waals surface area contributed by atoms with Crippen LogP contribution in [0.4, 0.5) is 10.5 Å². The lowest BCUT2D eigenvalue weighted by Crippen LogP contribution is -2.40. The smallest absolute Gasteiger partial charge is 0.407 e. The van der Waals surface area contributed by atoms with Crippen LogP contribution in [0.1, 0.15) is 11.1 Å². The number of rotatable bonds is 8. The number of benzene rings is 2. The van der Waals surface area contributed by atoms with Crippen molar-refractivity contribution in [2.24, 2.45) is 0 Å². The SMILES string of the molecule is N#Cc1cccc(OC[C@@H](O)CN(CCc2ccc(N)cc2)C(=O)O)c1. The Balaban J connectivity index is 1.84. The molecule has 2 aromatic carbocycles. The van der Waals surface area contributed by atoms with Crippen molar-refractivity contribution in [2.75, 3.05) is 25.4 Å². The van der Waals surface area contributed by atoms with E-state index < -0.39 is 12.2 Å². The molecule has 0 heterocycles. The second kappa shape index (κ2) is 9.30. The van der Waals surface area contributed by atoms with Gasteiger partial charge in [0.1, 0.15) is 18.5 Å². The van der Waals surface area contributed by atoms with Gasteiger partial charge in [0.25, 0.3) is 0 Å². The van der Waals surface area contributed by atoms with E-state index in [4.69, 9.17) is 15.7 Å². The van der Waals surface area contributed by atoms with Crippen LogP contribution in [-0.2, 0) is 6.42 Å². The number of hydrogen-bond donors (Lipinski definition) is 3. The van der Waals surface area contributed by atoms with Gasteiger partial charge >= 0.3 is 6.09 Å². The van der Waals surface area contributed by atoms with Gasteiger partial charge in [-0.05, 0) is 42.3 Å². The molecular weight excluding hydrogens is 334 g/mol. The molecule has 0 spiro atoms. The lowest BCUT2D eigenvalue weighted by Gasteiger charge is -2.22. The van der Waals surface area contributed by atoms with Crippen LogP contribution in [0.15, 0.2) is 48.5 Å². The Hall–Kier alpha value is -3.24. The molecule has 1 amide bonds. The fraction of sp³-hybridized carbons (Fsp3) is 0.263. The minimum absolute atomic E-state index is 0.0672. The van der Waals surface area contributed by atoms with E-state index in [-0.39, 0.29) is 19.7 Å². The molecule has 0 saturated heterocycles. The quantitative estimate of drug-likeness (QED) is 0.624. The highest BCUT2D eigenvalue weighted by Gasteiger charge is 2.17. The topological polar surface area (TPSA) is 120 Å². The summed E-state index contributed by atoms with van der Waals surface area (Å²) in [6.07, 6.45) is -1.57. The van der Waals surface area contributed by atoms with E-state index in [2.05, 4.69) is 0 Å². The molecule has 0 bridgehead atoms. The number of amides is 1.